The molecular weight excluding hydrogens is 350 g/mol. The van der Waals surface area contributed by atoms with Crippen molar-refractivity contribution in [1.29, 1.82) is 0 Å². The molecule has 3 rings (SSSR count). The molecule has 6 heteroatoms. The molecule has 0 spiro atoms. The van der Waals surface area contributed by atoms with Gasteiger partial charge in [0.15, 0.2) is 5.13 Å². The zero-order valence-electron chi connectivity index (χ0n) is 14.3. The Morgan fingerprint density at radius 2 is 1.84 bits per heavy atom. The van der Waals surface area contributed by atoms with E-state index >= 15 is 0 Å². The average Bonchev–Trinajstić information content (AvgIpc) is 2.97. The van der Waals surface area contributed by atoms with Crippen LogP contribution in [0.3, 0.4) is 0 Å². The van der Waals surface area contributed by atoms with Gasteiger partial charge in [0.2, 0.25) is 0 Å². The number of benzene rings is 2. The second kappa shape index (κ2) is 7.72. The van der Waals surface area contributed by atoms with Crippen molar-refractivity contribution in [2.45, 2.75) is 18.7 Å². The molecule has 0 saturated carbocycles. The van der Waals surface area contributed by atoms with Crippen LogP contribution in [0.15, 0.2) is 53.4 Å². The van der Waals surface area contributed by atoms with Crippen LogP contribution >= 0.6 is 23.1 Å². The summed E-state index contributed by atoms with van der Waals surface area (Å²) in [7, 11) is 0. The normalized spacial score (nSPS) is 10.5. The zero-order valence-corrected chi connectivity index (χ0v) is 15.9. The van der Waals surface area contributed by atoms with Crippen molar-refractivity contribution in [2.24, 2.45) is 0 Å². The van der Waals surface area contributed by atoms with E-state index in [0.29, 0.717) is 10.0 Å². The fourth-order valence-electron chi connectivity index (χ4n) is 2.31. The summed E-state index contributed by atoms with van der Waals surface area (Å²) in [6.45, 7) is 3.90. The largest absolute Gasteiger partial charge is 0.332 e. The Kier molecular flexibility index (Phi) is 5.40. The number of thioether (sulfide) groups is 1. The number of carbonyl (C=O) groups excluding carboxylic acids is 1. The zero-order chi connectivity index (χ0) is 17.8. The maximum atomic E-state index is 12.6. The first kappa shape index (κ1) is 17.5. The summed E-state index contributed by atoms with van der Waals surface area (Å²) >= 11 is 3.00. The van der Waals surface area contributed by atoms with Crippen LogP contribution in [0.25, 0.3) is 0 Å². The number of aryl methyl sites for hydroxylation is 2. The minimum atomic E-state index is -0.134. The molecule has 0 fully saturated rings. The lowest BCUT2D eigenvalue weighted by Crippen LogP contribution is -2.11. The summed E-state index contributed by atoms with van der Waals surface area (Å²) in [5, 5.41) is 6.91. The first-order valence-corrected chi connectivity index (χ1v) is 9.86. The van der Waals surface area contributed by atoms with Crippen LogP contribution in [-0.2, 0) is 0 Å². The summed E-state index contributed by atoms with van der Waals surface area (Å²) in [5.74, 6) is -0.134. The van der Waals surface area contributed by atoms with E-state index in [-0.39, 0.29) is 5.91 Å². The number of carbonyl (C=O) groups is 1. The number of aromatic nitrogens is 1. The van der Waals surface area contributed by atoms with Gasteiger partial charge in [0, 0.05) is 16.3 Å². The molecule has 128 valence electrons. The van der Waals surface area contributed by atoms with Gasteiger partial charge >= 0.3 is 0 Å². The molecule has 0 saturated heterocycles. The molecule has 4 nitrogen and oxygen atoms in total. The highest BCUT2D eigenvalue weighted by Crippen LogP contribution is 2.27. The van der Waals surface area contributed by atoms with E-state index in [2.05, 4.69) is 15.6 Å². The lowest BCUT2D eigenvalue weighted by Gasteiger charge is -2.05. The summed E-state index contributed by atoms with van der Waals surface area (Å²) < 4.78 is 0. The minimum absolute atomic E-state index is 0.134. The van der Waals surface area contributed by atoms with Gasteiger partial charge in [-0.25, -0.2) is 4.98 Å². The first-order valence-electron chi connectivity index (χ1n) is 7.81. The van der Waals surface area contributed by atoms with Gasteiger partial charge in [-0.3, -0.25) is 4.79 Å². The fourth-order valence-corrected chi connectivity index (χ4v) is 3.65. The molecule has 2 N–H and O–H groups in total. The minimum Gasteiger partial charge on any atom is -0.332 e. The molecule has 0 atom stereocenters. The van der Waals surface area contributed by atoms with E-state index in [1.54, 1.807) is 11.8 Å². The molecule has 0 radical (unpaired) electrons. The van der Waals surface area contributed by atoms with Gasteiger partial charge in [0.1, 0.15) is 4.88 Å². The molecule has 0 unspecified atom stereocenters. The molecule has 0 bridgehead atoms. The number of rotatable bonds is 5. The molecule has 1 heterocycles. The Bertz CT molecular complexity index is 888. The van der Waals surface area contributed by atoms with Crippen molar-refractivity contribution in [1.82, 2.24) is 4.98 Å². The van der Waals surface area contributed by atoms with E-state index in [9.17, 15) is 4.79 Å². The maximum absolute atomic E-state index is 12.6. The molecule has 25 heavy (non-hydrogen) atoms. The van der Waals surface area contributed by atoms with Gasteiger partial charge in [0.05, 0.1) is 5.69 Å². The summed E-state index contributed by atoms with van der Waals surface area (Å²) in [6, 6.07) is 15.9. The monoisotopic (exact) mass is 369 g/mol. The highest BCUT2D eigenvalue weighted by atomic mass is 32.2. The van der Waals surface area contributed by atoms with E-state index in [1.165, 1.54) is 16.9 Å². The topological polar surface area (TPSA) is 54.0 Å². The van der Waals surface area contributed by atoms with Gasteiger partial charge in [-0.05, 0) is 50.4 Å². The SMILES string of the molecule is CSc1cccc(NC(=O)c2sc(Nc3ccc(C)cc3)nc2C)c1. The molecule has 0 aliphatic rings. The van der Waals surface area contributed by atoms with Gasteiger partial charge in [-0.15, -0.1) is 11.8 Å². The number of nitrogens with zero attached hydrogens (tertiary/aromatic N) is 1. The van der Waals surface area contributed by atoms with Crippen LogP contribution in [-0.4, -0.2) is 17.1 Å². The van der Waals surface area contributed by atoms with Crippen LogP contribution in [0.1, 0.15) is 20.9 Å². The fraction of sp³-hybridized carbons (Fsp3) is 0.158. The highest BCUT2D eigenvalue weighted by molar-refractivity contribution is 7.98. The lowest BCUT2D eigenvalue weighted by molar-refractivity contribution is 0.103. The highest BCUT2D eigenvalue weighted by Gasteiger charge is 2.16. The summed E-state index contributed by atoms with van der Waals surface area (Å²) in [6.07, 6.45) is 2.01. The van der Waals surface area contributed by atoms with E-state index in [1.807, 2.05) is 68.6 Å². The van der Waals surface area contributed by atoms with Crippen molar-refractivity contribution < 1.29 is 4.79 Å². The number of hydrogen-bond acceptors (Lipinski definition) is 5. The molecular formula is C19H19N3OS2. The Balaban J connectivity index is 1.74. The third kappa shape index (κ3) is 4.41. The van der Waals surface area contributed by atoms with E-state index < -0.39 is 0 Å². The van der Waals surface area contributed by atoms with Crippen LogP contribution in [0.4, 0.5) is 16.5 Å². The predicted molar refractivity (Wildman–Crippen MR) is 107 cm³/mol. The van der Waals surface area contributed by atoms with Crippen molar-refractivity contribution in [3.05, 3.63) is 64.7 Å². The van der Waals surface area contributed by atoms with Gasteiger partial charge in [0.25, 0.3) is 5.91 Å². The van der Waals surface area contributed by atoms with E-state index in [0.717, 1.165) is 22.0 Å². The maximum Gasteiger partial charge on any atom is 0.267 e. The number of nitrogens with one attached hydrogen (secondary N) is 2. The third-order valence-corrected chi connectivity index (χ3v) is 5.43. The number of thiazole rings is 1. The Hall–Kier alpha value is -2.31. The van der Waals surface area contributed by atoms with Gasteiger partial charge < -0.3 is 10.6 Å². The first-order chi connectivity index (χ1) is 12.0. The number of hydrogen-bond donors (Lipinski definition) is 2. The molecule has 0 aliphatic heterocycles. The standard InChI is InChI=1S/C19H19N3OS2/c1-12-7-9-14(10-8-12)22-19-20-13(2)17(25-19)18(23)21-15-5-4-6-16(11-15)24-3/h4-11H,1-3H3,(H,20,22)(H,21,23). The third-order valence-electron chi connectivity index (χ3n) is 3.63. The Labute approximate surface area is 155 Å². The van der Waals surface area contributed by atoms with Gasteiger partial charge in [-0.2, -0.15) is 0 Å². The second-order valence-corrected chi connectivity index (χ2v) is 7.49. The van der Waals surface area contributed by atoms with Crippen molar-refractivity contribution in [3.8, 4) is 0 Å². The molecule has 0 aliphatic carbocycles. The quantitative estimate of drug-likeness (QED) is 0.585. The number of anilines is 3. The van der Waals surface area contributed by atoms with Gasteiger partial charge in [-0.1, -0.05) is 35.1 Å². The lowest BCUT2D eigenvalue weighted by atomic mass is 10.2. The van der Waals surface area contributed by atoms with Crippen molar-refractivity contribution in [3.63, 3.8) is 0 Å². The predicted octanol–water partition coefficient (Wildman–Crippen LogP) is 5.48. The van der Waals surface area contributed by atoms with Crippen LogP contribution in [0.5, 0.6) is 0 Å². The summed E-state index contributed by atoms with van der Waals surface area (Å²) in [4.78, 5) is 18.8. The van der Waals surface area contributed by atoms with Crippen molar-refractivity contribution in [2.75, 3.05) is 16.9 Å². The average molecular weight is 370 g/mol. The van der Waals surface area contributed by atoms with Crippen LogP contribution < -0.4 is 10.6 Å². The summed E-state index contributed by atoms with van der Waals surface area (Å²) in [5.41, 5.74) is 3.67. The van der Waals surface area contributed by atoms with Crippen LogP contribution in [0, 0.1) is 13.8 Å². The Morgan fingerprint density at radius 3 is 2.56 bits per heavy atom. The van der Waals surface area contributed by atoms with E-state index in [4.69, 9.17) is 0 Å². The molecule has 3 aromatic rings. The van der Waals surface area contributed by atoms with Crippen molar-refractivity contribution >= 4 is 45.5 Å². The number of amides is 1. The Morgan fingerprint density at radius 1 is 1.08 bits per heavy atom. The molecule has 2 aromatic carbocycles. The molecule has 1 amide bonds. The smallest absolute Gasteiger partial charge is 0.267 e. The molecule has 1 aromatic heterocycles. The van der Waals surface area contributed by atoms with Crippen LogP contribution in [0.2, 0.25) is 0 Å². The second-order valence-electron chi connectivity index (χ2n) is 5.61.